The zero-order valence-electron chi connectivity index (χ0n) is 24.2. The third-order valence-electron chi connectivity index (χ3n) is 8.81. The number of amides is 1. The van der Waals surface area contributed by atoms with Crippen LogP contribution in [0.2, 0.25) is 0 Å². The van der Waals surface area contributed by atoms with Crippen molar-refractivity contribution < 1.29 is 27.4 Å². The van der Waals surface area contributed by atoms with Gasteiger partial charge < -0.3 is 19.4 Å². The van der Waals surface area contributed by atoms with Crippen LogP contribution in [0.15, 0.2) is 30.5 Å². The molecule has 2 bridgehead atoms. The first-order chi connectivity index (χ1) is 19.7. The zero-order chi connectivity index (χ0) is 29.9. The van der Waals surface area contributed by atoms with Crippen LogP contribution in [0, 0.1) is 0 Å². The Labute approximate surface area is 242 Å². The Hall–Kier alpha value is -3.64. The second-order valence-corrected chi connectivity index (χ2v) is 13.2. The summed E-state index contributed by atoms with van der Waals surface area (Å²) in [6.45, 7) is 5.60. The van der Waals surface area contributed by atoms with Crippen molar-refractivity contribution in [3.05, 3.63) is 53.4 Å². The summed E-state index contributed by atoms with van der Waals surface area (Å²) in [5.74, 6) is 1.77. The molecule has 42 heavy (non-hydrogen) atoms. The molecule has 2 heterocycles. The normalized spacial score (nSPS) is 27.1. The number of halogens is 3. The Kier molecular flexibility index (Phi) is 6.76. The van der Waals surface area contributed by atoms with Gasteiger partial charge in [-0.25, -0.2) is 9.48 Å². The van der Waals surface area contributed by atoms with E-state index in [1.807, 2.05) is 37.1 Å². The Bertz CT molecular complexity index is 1450. The number of carbonyl (C=O) groups excluding carboxylic acids is 1. The number of carbonyl (C=O) groups is 1. The molecule has 4 aliphatic carbocycles. The van der Waals surface area contributed by atoms with Gasteiger partial charge in [0.2, 0.25) is 0 Å². The Morgan fingerprint density at radius 2 is 1.79 bits per heavy atom. The van der Waals surface area contributed by atoms with Crippen molar-refractivity contribution in [2.45, 2.75) is 107 Å². The molecule has 2 aromatic heterocycles. The summed E-state index contributed by atoms with van der Waals surface area (Å²) in [6.07, 6.45) is 3.53. The molecule has 226 valence electrons. The SMILES string of the molecule is Cn1c(COc2cccc(C(F)(F)F)c2)nnc1[C@H]1CC[C@H](n2cc(C34CC(NC(=O)OC(C)(C)C)(C3)C4)nn2)CC1. The van der Waals surface area contributed by atoms with E-state index in [2.05, 4.69) is 32.0 Å². The number of hydrogen-bond donors (Lipinski definition) is 1. The van der Waals surface area contributed by atoms with E-state index in [0.29, 0.717) is 5.82 Å². The minimum atomic E-state index is -4.43. The average Bonchev–Trinajstić information content (AvgIpc) is 3.50. The molecule has 10 nitrogen and oxygen atoms in total. The molecule has 0 radical (unpaired) electrons. The Morgan fingerprint density at radius 3 is 2.45 bits per heavy atom. The number of nitrogens with one attached hydrogen (secondary N) is 1. The lowest BCUT2D eigenvalue weighted by atomic mass is 9.38. The third-order valence-corrected chi connectivity index (χ3v) is 8.81. The van der Waals surface area contributed by atoms with Crippen molar-refractivity contribution in [1.82, 2.24) is 35.1 Å². The van der Waals surface area contributed by atoms with Crippen LogP contribution in [0.5, 0.6) is 5.75 Å². The number of rotatable bonds is 7. The van der Waals surface area contributed by atoms with Crippen LogP contribution >= 0.6 is 0 Å². The van der Waals surface area contributed by atoms with E-state index in [-0.39, 0.29) is 41.4 Å². The standard InChI is InChI=1S/C29H36F3N7O3/c1-26(2,3)42-25(40)33-28-15-27(16-28,17-28)22-13-39(37-34-22)20-10-8-18(9-11-20)24-36-35-23(38(24)4)14-41-21-7-5-6-19(12-21)29(30,31)32/h5-7,12-13,18,20H,8-11,14-17H2,1-4H3,(H,33,40)/t18-,20-,27?,28?. The molecule has 1 amide bonds. The van der Waals surface area contributed by atoms with Crippen LogP contribution in [0.4, 0.5) is 18.0 Å². The minimum absolute atomic E-state index is 0.00434. The van der Waals surface area contributed by atoms with E-state index in [1.54, 1.807) is 0 Å². The first-order valence-corrected chi connectivity index (χ1v) is 14.4. The first kappa shape index (κ1) is 28.5. The van der Waals surface area contributed by atoms with Crippen molar-refractivity contribution in [3.8, 4) is 5.75 Å². The molecule has 0 atom stereocenters. The highest BCUT2D eigenvalue weighted by Gasteiger charge is 2.70. The van der Waals surface area contributed by atoms with Gasteiger partial charge >= 0.3 is 12.3 Å². The highest BCUT2D eigenvalue weighted by atomic mass is 19.4. The molecule has 4 fully saturated rings. The molecule has 0 spiro atoms. The van der Waals surface area contributed by atoms with Gasteiger partial charge in [0, 0.05) is 30.1 Å². The van der Waals surface area contributed by atoms with Gasteiger partial charge in [-0.05, 0) is 83.9 Å². The van der Waals surface area contributed by atoms with Gasteiger partial charge in [0.1, 0.15) is 23.8 Å². The number of ether oxygens (including phenoxy) is 2. The molecule has 4 saturated carbocycles. The van der Waals surface area contributed by atoms with Gasteiger partial charge in [0.15, 0.2) is 5.82 Å². The van der Waals surface area contributed by atoms with Gasteiger partial charge in [-0.2, -0.15) is 13.2 Å². The molecule has 0 saturated heterocycles. The Morgan fingerprint density at radius 1 is 1.07 bits per heavy atom. The minimum Gasteiger partial charge on any atom is -0.486 e. The van der Waals surface area contributed by atoms with Crippen LogP contribution in [-0.2, 0) is 30.0 Å². The smallest absolute Gasteiger partial charge is 0.416 e. The number of benzene rings is 1. The summed E-state index contributed by atoms with van der Waals surface area (Å²) < 4.78 is 53.9. The second kappa shape index (κ2) is 9.98. The van der Waals surface area contributed by atoms with E-state index in [4.69, 9.17) is 9.47 Å². The average molecular weight is 588 g/mol. The summed E-state index contributed by atoms with van der Waals surface area (Å²) >= 11 is 0. The summed E-state index contributed by atoms with van der Waals surface area (Å²) in [5.41, 5.74) is -0.464. The van der Waals surface area contributed by atoms with Crippen molar-refractivity contribution >= 4 is 6.09 Å². The summed E-state index contributed by atoms with van der Waals surface area (Å²) in [7, 11) is 1.87. The van der Waals surface area contributed by atoms with Crippen molar-refractivity contribution in [2.24, 2.45) is 7.05 Å². The van der Waals surface area contributed by atoms with Crippen LogP contribution in [-0.4, -0.2) is 47.0 Å². The molecular weight excluding hydrogens is 551 g/mol. The fourth-order valence-corrected chi connectivity index (χ4v) is 6.78. The van der Waals surface area contributed by atoms with Crippen LogP contribution in [0.25, 0.3) is 0 Å². The molecule has 7 rings (SSSR count). The van der Waals surface area contributed by atoms with E-state index >= 15 is 0 Å². The van der Waals surface area contributed by atoms with Crippen LogP contribution < -0.4 is 10.1 Å². The number of hydrogen-bond acceptors (Lipinski definition) is 7. The van der Waals surface area contributed by atoms with Crippen molar-refractivity contribution in [1.29, 1.82) is 0 Å². The van der Waals surface area contributed by atoms with E-state index in [9.17, 15) is 18.0 Å². The zero-order valence-corrected chi connectivity index (χ0v) is 24.2. The molecule has 0 unspecified atom stereocenters. The lowest BCUT2D eigenvalue weighted by Crippen LogP contribution is -2.77. The highest BCUT2D eigenvalue weighted by molar-refractivity contribution is 5.70. The predicted molar refractivity (Wildman–Crippen MR) is 145 cm³/mol. The van der Waals surface area contributed by atoms with Crippen LogP contribution in [0.1, 0.15) is 101 Å². The molecule has 1 N–H and O–H groups in total. The van der Waals surface area contributed by atoms with E-state index in [1.165, 1.54) is 12.1 Å². The first-order valence-electron chi connectivity index (χ1n) is 14.4. The summed E-state index contributed by atoms with van der Waals surface area (Å²) in [5, 5.41) is 20.7. The van der Waals surface area contributed by atoms with Crippen LogP contribution in [0.3, 0.4) is 0 Å². The summed E-state index contributed by atoms with van der Waals surface area (Å²) in [6, 6.07) is 5.07. The monoisotopic (exact) mass is 587 g/mol. The predicted octanol–water partition coefficient (Wildman–Crippen LogP) is 5.60. The van der Waals surface area contributed by atoms with Gasteiger partial charge in [-0.15, -0.1) is 15.3 Å². The number of aromatic nitrogens is 6. The fourth-order valence-electron chi connectivity index (χ4n) is 6.78. The molecule has 4 aliphatic rings. The highest BCUT2D eigenvalue weighted by Crippen LogP contribution is 2.67. The van der Waals surface area contributed by atoms with Crippen molar-refractivity contribution in [3.63, 3.8) is 0 Å². The molecule has 0 aliphatic heterocycles. The van der Waals surface area contributed by atoms with E-state index in [0.717, 1.165) is 68.6 Å². The largest absolute Gasteiger partial charge is 0.486 e. The van der Waals surface area contributed by atoms with Gasteiger partial charge in [0.05, 0.1) is 17.3 Å². The molecular formula is C29H36F3N7O3. The lowest BCUT2D eigenvalue weighted by Gasteiger charge is -2.69. The topological polar surface area (TPSA) is 109 Å². The van der Waals surface area contributed by atoms with Crippen molar-refractivity contribution in [2.75, 3.05) is 0 Å². The Balaban J connectivity index is 1.00. The van der Waals surface area contributed by atoms with E-state index < -0.39 is 17.3 Å². The van der Waals surface area contributed by atoms with Gasteiger partial charge in [-0.3, -0.25) is 0 Å². The van der Waals surface area contributed by atoms with Gasteiger partial charge in [-0.1, -0.05) is 11.3 Å². The molecule has 1 aromatic carbocycles. The number of alkyl halides is 3. The number of alkyl carbamates (subject to hydrolysis) is 1. The number of nitrogens with zero attached hydrogens (tertiary/aromatic N) is 6. The van der Waals surface area contributed by atoms with Gasteiger partial charge in [0.25, 0.3) is 0 Å². The maximum Gasteiger partial charge on any atom is 0.416 e. The fraction of sp³-hybridized carbons (Fsp3) is 0.621. The summed E-state index contributed by atoms with van der Waals surface area (Å²) in [4.78, 5) is 12.2. The third kappa shape index (κ3) is 5.45. The molecule has 3 aromatic rings. The maximum absolute atomic E-state index is 13.0. The lowest BCUT2D eigenvalue weighted by molar-refractivity contribution is -0.137. The maximum atomic E-state index is 13.0. The quantitative estimate of drug-likeness (QED) is 0.383. The second-order valence-electron chi connectivity index (χ2n) is 13.2. The molecule has 13 heteroatoms.